The second-order valence-corrected chi connectivity index (χ2v) is 17.3. The molecule has 0 saturated carbocycles. The first kappa shape index (κ1) is 72.5. The van der Waals surface area contributed by atoms with E-state index >= 15 is 0 Å². The summed E-state index contributed by atoms with van der Waals surface area (Å²) in [5, 5.41) is 50.9. The van der Waals surface area contributed by atoms with Gasteiger partial charge in [-0.15, -0.1) is 12.4 Å². The number of aliphatic carboxylic acids is 1. The van der Waals surface area contributed by atoms with Crippen LogP contribution >= 0.6 is 44.3 Å². The Bertz CT molecular complexity index is 2580. The van der Waals surface area contributed by atoms with Gasteiger partial charge in [0.2, 0.25) is 17.5 Å². The second kappa shape index (κ2) is 41.6. The van der Waals surface area contributed by atoms with Crippen molar-refractivity contribution in [3.8, 4) is 39.5 Å². The number of carbonyl (C=O) groups is 1. The molecule has 0 unspecified atom stereocenters. The number of ether oxygens (including phenoxy) is 1. The molecule has 19 heteroatoms. The Kier molecular flexibility index (Phi) is 39.6. The first-order valence-corrected chi connectivity index (χ1v) is 25.4. The van der Waals surface area contributed by atoms with Crippen LogP contribution in [0.4, 0.5) is 26.3 Å². The minimum absolute atomic E-state index is 0. The molecule has 0 aromatic heterocycles. The molecular weight excluding hydrogens is 1150 g/mol. The number of aromatic hydroxyl groups is 2. The monoisotopic (exact) mass is 1210 g/mol. The number of hydrogen-bond acceptors (Lipinski definition) is 8. The quantitative estimate of drug-likeness (QED) is 0.0287. The molecule has 0 aliphatic heterocycles. The van der Waals surface area contributed by atoms with E-state index in [4.69, 9.17) is 35.2 Å². The number of phenols is 2. The number of allylic oxidation sites excluding steroid dienone is 2. The Labute approximate surface area is 467 Å². The first-order chi connectivity index (χ1) is 35.6. The van der Waals surface area contributed by atoms with Crippen molar-refractivity contribution in [3.63, 3.8) is 0 Å². The smallest absolute Gasteiger partial charge is 0.488 e. The van der Waals surface area contributed by atoms with Gasteiger partial charge >= 0.3 is 13.1 Å². The molecule has 6 rings (SSSR count). The maximum absolute atomic E-state index is 14.1. The summed E-state index contributed by atoms with van der Waals surface area (Å²) < 4.78 is 84.8. The van der Waals surface area contributed by atoms with Crippen molar-refractivity contribution in [2.24, 2.45) is 0 Å². The van der Waals surface area contributed by atoms with Crippen LogP contribution in [-0.4, -0.2) is 75.7 Å². The summed E-state index contributed by atoms with van der Waals surface area (Å²) in [5.41, 5.74) is 5.81. The van der Waals surface area contributed by atoms with Gasteiger partial charge in [0, 0.05) is 17.7 Å². The summed E-state index contributed by atoms with van der Waals surface area (Å²) in [6.07, 6.45) is 11.0. The number of carboxylic acids is 1. The van der Waals surface area contributed by atoms with Gasteiger partial charge in [0.1, 0.15) is 0 Å². The molecule has 9 nitrogen and oxygen atoms in total. The van der Waals surface area contributed by atoms with E-state index in [1.807, 2.05) is 66.5 Å². The Morgan fingerprint density at radius 1 is 0.592 bits per heavy atom. The molecule has 0 amide bonds. The molecule has 0 spiro atoms. The van der Waals surface area contributed by atoms with Gasteiger partial charge in [-0.25, -0.2) is 13.2 Å². The topological polar surface area (TPSA) is 151 Å². The number of carboxylic acid groups (broad SMARTS) is 1. The molecule has 6 N–H and O–H groups in total. The van der Waals surface area contributed by atoms with E-state index < -0.39 is 59.5 Å². The zero-order valence-corrected chi connectivity index (χ0v) is 47.8. The van der Waals surface area contributed by atoms with Gasteiger partial charge in [-0.3, -0.25) is 9.69 Å². The third-order valence-electron chi connectivity index (χ3n) is 9.46. The van der Waals surface area contributed by atoms with Crippen molar-refractivity contribution in [2.45, 2.75) is 80.1 Å². The van der Waals surface area contributed by atoms with Gasteiger partial charge in [-0.1, -0.05) is 141 Å². The van der Waals surface area contributed by atoms with Crippen molar-refractivity contribution in [2.75, 3.05) is 27.2 Å². The lowest BCUT2D eigenvalue weighted by molar-refractivity contribution is -0.137. The first-order valence-electron chi connectivity index (χ1n) is 23.7. The van der Waals surface area contributed by atoms with Gasteiger partial charge in [-0.2, -0.15) is 13.2 Å². The molecular formula is C57H69BBr2ClF6NO8. The third-order valence-corrected chi connectivity index (χ3v) is 10.6. The maximum Gasteiger partial charge on any atom is 0.488 e. The predicted molar refractivity (Wildman–Crippen MR) is 305 cm³/mol. The summed E-state index contributed by atoms with van der Waals surface area (Å²) >= 11 is 5.82. The molecule has 0 heterocycles. The third kappa shape index (κ3) is 28.0. The summed E-state index contributed by atoms with van der Waals surface area (Å²) in [4.78, 5) is 13.2. The SMILES string of the molecule is C/C=C/Br.C/C=C/Oc1ccc(-c2ccc(CCC)cc2)c(F)c1F.CCCc1ccc(-c2ccc(O)c(F)c2F)cc1.CCCc1ccc(B(O)O)cc1.CCO.CN(C)CC(=O)O.Cl.Oc1ccc(Br)c(F)c1F. The zero-order valence-electron chi connectivity index (χ0n) is 43.8. The van der Waals surface area contributed by atoms with Crippen LogP contribution in [0.1, 0.15) is 77.5 Å². The number of aliphatic hydroxyl groups excluding tert-OH is 1. The van der Waals surface area contributed by atoms with Crippen molar-refractivity contribution in [1.82, 2.24) is 4.90 Å². The summed E-state index contributed by atoms with van der Waals surface area (Å²) in [7, 11) is 2.09. The Morgan fingerprint density at radius 3 is 1.29 bits per heavy atom. The predicted octanol–water partition coefficient (Wildman–Crippen LogP) is 14.5. The molecule has 0 radical (unpaired) electrons. The van der Waals surface area contributed by atoms with E-state index in [1.165, 1.54) is 47.2 Å². The number of phenolic OH excluding ortho intramolecular Hbond substituents is 2. The molecule has 6 aromatic rings. The fourth-order valence-corrected chi connectivity index (χ4v) is 6.27. The van der Waals surface area contributed by atoms with E-state index in [0.717, 1.165) is 50.7 Å². The van der Waals surface area contributed by atoms with E-state index in [2.05, 4.69) is 52.6 Å². The molecule has 76 heavy (non-hydrogen) atoms. The highest BCUT2D eigenvalue weighted by Crippen LogP contribution is 2.31. The Morgan fingerprint density at radius 2 is 0.961 bits per heavy atom. The van der Waals surface area contributed by atoms with Gasteiger partial charge in [0.15, 0.2) is 34.7 Å². The number of rotatable bonds is 13. The average Bonchev–Trinajstić information content (AvgIpc) is 3.38. The second-order valence-electron chi connectivity index (χ2n) is 15.9. The molecule has 0 fully saturated rings. The number of benzene rings is 6. The van der Waals surface area contributed by atoms with E-state index in [-0.39, 0.29) is 46.9 Å². The largest absolute Gasteiger partial charge is 0.505 e. The summed E-state index contributed by atoms with van der Waals surface area (Å²) in [5.74, 6) is -8.62. The normalized spacial score (nSPS) is 10.1. The van der Waals surface area contributed by atoms with Crippen LogP contribution in [0, 0.1) is 34.9 Å². The highest BCUT2D eigenvalue weighted by molar-refractivity contribution is 9.11. The van der Waals surface area contributed by atoms with Crippen LogP contribution in [0.5, 0.6) is 17.2 Å². The van der Waals surface area contributed by atoms with Gasteiger partial charge in [0.25, 0.3) is 0 Å². The molecule has 0 aliphatic rings. The van der Waals surface area contributed by atoms with Crippen LogP contribution < -0.4 is 10.2 Å². The number of halogens is 9. The molecule has 0 bridgehead atoms. The average molecular weight is 1220 g/mol. The summed E-state index contributed by atoms with van der Waals surface area (Å²) in [6, 6.07) is 30.0. The zero-order chi connectivity index (χ0) is 57.0. The molecule has 416 valence electrons. The molecule has 0 saturated heterocycles. The van der Waals surface area contributed by atoms with Crippen LogP contribution in [0.3, 0.4) is 0 Å². The van der Waals surface area contributed by atoms with Crippen LogP contribution in [0.2, 0.25) is 0 Å². The lowest BCUT2D eigenvalue weighted by atomic mass is 9.80. The van der Waals surface area contributed by atoms with E-state index in [9.17, 15) is 31.1 Å². The van der Waals surface area contributed by atoms with Crippen molar-refractivity contribution in [3.05, 3.63) is 189 Å². The summed E-state index contributed by atoms with van der Waals surface area (Å²) in [6.45, 7) is 12.0. The van der Waals surface area contributed by atoms with Crippen LogP contribution in [0.25, 0.3) is 22.3 Å². The van der Waals surface area contributed by atoms with Gasteiger partial charge in [0.05, 0.1) is 17.3 Å². The minimum atomic E-state index is -1.35. The number of aliphatic hydroxyl groups is 1. The van der Waals surface area contributed by atoms with E-state index in [0.29, 0.717) is 16.6 Å². The Balaban J connectivity index is 0. The fraction of sp³-hybridized carbons (Fsp3) is 0.281. The number of likely N-dealkylation sites (N-methyl/N-ethyl adjacent to an activating group) is 1. The lowest BCUT2D eigenvalue weighted by Gasteiger charge is -2.08. The molecule has 0 atom stereocenters. The molecule has 6 aromatic carbocycles. The van der Waals surface area contributed by atoms with Gasteiger partial charge in [-0.05, 0) is 145 Å². The standard InChI is InChI=1S/C18H18F2O.C15H14F2O.C9H13BO2.C6H3BrF2O.C4H9NO2.C3H5Br.C2H6O.ClH/c1-3-5-13-6-8-14(9-7-13)15-10-11-16(21-12-4-2)18(20)17(15)19;1-2-3-10-4-6-11(7-5-10)12-8-9-13(18)15(17)14(12)16;1-2-3-8-4-6-9(7-5-8)10(11)12;7-3-1-2-4(10)6(9)5(3)8;1-5(2)3-4(6)7;1-2-3-4;1-2-3;/h4,6-12H,3,5H2,1-2H3;4-9,18H,2-3H2,1H3;4-7,11-12H,2-3H2,1H3;1-2,10H;3H2,1-2H3,(H,6,7);2-3H,1H3;3H,2H2,1H3;1H/b12-4+;;;;;3-2+;;. The highest BCUT2D eigenvalue weighted by Gasteiger charge is 2.16. The van der Waals surface area contributed by atoms with Crippen molar-refractivity contribution >= 4 is 62.8 Å². The lowest BCUT2D eigenvalue weighted by Crippen LogP contribution is -2.29. The number of nitrogens with zero attached hydrogens (tertiary/aromatic N) is 1. The van der Waals surface area contributed by atoms with Crippen molar-refractivity contribution in [1.29, 1.82) is 0 Å². The maximum atomic E-state index is 14.1. The van der Waals surface area contributed by atoms with E-state index in [1.54, 1.807) is 63.2 Å². The number of aryl methyl sites for hydroxylation is 3. The molecule has 0 aliphatic carbocycles. The number of hydrogen-bond donors (Lipinski definition) is 6. The van der Waals surface area contributed by atoms with Gasteiger partial charge < -0.3 is 35.2 Å². The van der Waals surface area contributed by atoms with Crippen LogP contribution in [0.15, 0.2) is 137 Å². The fourth-order valence-electron chi connectivity index (χ4n) is 5.96. The van der Waals surface area contributed by atoms with Crippen LogP contribution in [-0.2, 0) is 24.1 Å². The van der Waals surface area contributed by atoms with Crippen molar-refractivity contribution < 1.29 is 66.3 Å². The minimum Gasteiger partial charge on any atom is -0.505 e. The Hall–Kier alpha value is -5.60. The highest BCUT2D eigenvalue weighted by atomic mass is 79.9.